The van der Waals surface area contributed by atoms with Crippen LogP contribution in [0.3, 0.4) is 0 Å². The Morgan fingerprint density at radius 1 is 1.25 bits per heavy atom. The number of nitrogens with zero attached hydrogens (tertiary/aromatic N) is 2. The lowest BCUT2D eigenvalue weighted by Crippen LogP contribution is -2.36. The fraction of sp³-hybridized carbons (Fsp3) is 0.550. The fourth-order valence-electron chi connectivity index (χ4n) is 3.61. The predicted octanol–water partition coefficient (Wildman–Crippen LogP) is 3.64. The molecule has 2 heterocycles. The van der Waals surface area contributed by atoms with Gasteiger partial charge in [-0.05, 0) is 56.0 Å². The van der Waals surface area contributed by atoms with Crippen LogP contribution in [-0.2, 0) is 36.1 Å². The van der Waals surface area contributed by atoms with Gasteiger partial charge in [-0.3, -0.25) is 9.69 Å². The van der Waals surface area contributed by atoms with Crippen molar-refractivity contribution in [1.29, 1.82) is 0 Å². The van der Waals surface area contributed by atoms with Crippen LogP contribution >= 0.6 is 0 Å². The number of rotatable bonds is 3. The quantitative estimate of drug-likeness (QED) is 0.807. The highest BCUT2D eigenvalue weighted by atomic mass is 16.5. The summed E-state index contributed by atoms with van der Waals surface area (Å²) in [6.07, 6.45) is 2.87. The van der Waals surface area contributed by atoms with Crippen molar-refractivity contribution in [1.82, 2.24) is 9.47 Å². The van der Waals surface area contributed by atoms with Crippen molar-refractivity contribution >= 4 is 16.9 Å². The Bertz CT molecular complexity index is 783. The molecule has 1 aromatic heterocycles. The lowest BCUT2D eigenvalue weighted by atomic mass is 9.99. The average Bonchev–Trinajstić information content (AvgIpc) is 3.06. The normalized spacial score (nSPS) is 16.4. The van der Waals surface area contributed by atoms with Gasteiger partial charge in [-0.1, -0.05) is 6.92 Å². The maximum atomic E-state index is 11.8. The number of hydrogen-bond donors (Lipinski definition) is 0. The van der Waals surface area contributed by atoms with E-state index in [1.165, 1.54) is 34.7 Å². The highest BCUT2D eigenvalue weighted by molar-refractivity contribution is 5.86. The van der Waals surface area contributed by atoms with Crippen LogP contribution in [-0.4, -0.2) is 28.1 Å². The van der Waals surface area contributed by atoms with Crippen LogP contribution in [0, 0.1) is 5.92 Å². The second kappa shape index (κ2) is 5.92. The Balaban J connectivity index is 1.97. The summed E-state index contributed by atoms with van der Waals surface area (Å²) in [6.45, 7) is 10.7. The maximum Gasteiger partial charge on any atom is 0.308 e. The van der Waals surface area contributed by atoms with Crippen molar-refractivity contribution < 1.29 is 9.53 Å². The van der Waals surface area contributed by atoms with Gasteiger partial charge in [-0.2, -0.15) is 0 Å². The summed E-state index contributed by atoms with van der Waals surface area (Å²) in [4.78, 5) is 14.3. The summed E-state index contributed by atoms with van der Waals surface area (Å²) in [5.41, 5.74) is 5.48. The number of carbonyl (C=O) groups is 1. The van der Waals surface area contributed by atoms with Crippen LogP contribution in [0.25, 0.3) is 10.9 Å². The van der Waals surface area contributed by atoms with Gasteiger partial charge in [0.1, 0.15) is 0 Å². The van der Waals surface area contributed by atoms with Crippen molar-refractivity contribution in [2.24, 2.45) is 13.0 Å². The highest BCUT2D eigenvalue weighted by Crippen LogP contribution is 2.34. The summed E-state index contributed by atoms with van der Waals surface area (Å²) in [6, 6.07) is 4.65. The van der Waals surface area contributed by atoms with Crippen LogP contribution in [0.4, 0.5) is 0 Å². The van der Waals surface area contributed by atoms with Gasteiger partial charge in [0.15, 0.2) is 0 Å². The standard InChI is InChI=1S/C20H28N2O2/c1-13(19(23)24-6)7-16-10-21(5)18-9-15-12-22(20(2,3)4)11-14(15)8-17(16)18/h8-10,13H,7,11-12H2,1-6H3. The van der Waals surface area contributed by atoms with E-state index in [2.05, 4.69) is 55.6 Å². The molecule has 24 heavy (non-hydrogen) atoms. The van der Waals surface area contributed by atoms with Gasteiger partial charge in [0, 0.05) is 42.8 Å². The lowest BCUT2D eigenvalue weighted by Gasteiger charge is -2.31. The first-order valence-corrected chi connectivity index (χ1v) is 8.63. The van der Waals surface area contributed by atoms with Crippen LogP contribution in [0.2, 0.25) is 0 Å². The largest absolute Gasteiger partial charge is 0.469 e. The summed E-state index contributed by atoms with van der Waals surface area (Å²) in [5.74, 6) is -0.271. The molecule has 130 valence electrons. The molecule has 1 aliphatic heterocycles. The summed E-state index contributed by atoms with van der Waals surface area (Å²) in [5, 5.41) is 1.27. The summed E-state index contributed by atoms with van der Waals surface area (Å²) in [7, 11) is 3.54. The smallest absolute Gasteiger partial charge is 0.308 e. The molecule has 0 radical (unpaired) electrons. The molecule has 0 saturated carbocycles. The first kappa shape index (κ1) is 17.0. The predicted molar refractivity (Wildman–Crippen MR) is 96.8 cm³/mol. The third kappa shape index (κ3) is 2.95. The second-order valence-electron chi connectivity index (χ2n) is 8.06. The average molecular weight is 328 g/mol. The monoisotopic (exact) mass is 328 g/mol. The maximum absolute atomic E-state index is 11.8. The fourth-order valence-corrected chi connectivity index (χ4v) is 3.61. The Labute approximate surface area is 144 Å². The first-order chi connectivity index (χ1) is 11.2. The van der Waals surface area contributed by atoms with Crippen LogP contribution < -0.4 is 0 Å². The zero-order chi connectivity index (χ0) is 17.6. The molecule has 0 amide bonds. The Hall–Kier alpha value is -1.81. The van der Waals surface area contributed by atoms with E-state index in [0.29, 0.717) is 6.42 Å². The van der Waals surface area contributed by atoms with Gasteiger partial charge in [0.2, 0.25) is 0 Å². The second-order valence-corrected chi connectivity index (χ2v) is 8.06. The zero-order valence-electron chi connectivity index (χ0n) is 15.6. The van der Waals surface area contributed by atoms with Gasteiger partial charge in [0.05, 0.1) is 13.0 Å². The number of ether oxygens (including phenoxy) is 1. The molecule has 0 bridgehead atoms. The molecule has 0 N–H and O–H groups in total. The number of hydrogen-bond acceptors (Lipinski definition) is 3. The third-order valence-electron chi connectivity index (χ3n) is 5.19. The topological polar surface area (TPSA) is 34.5 Å². The Morgan fingerprint density at radius 2 is 1.88 bits per heavy atom. The molecule has 1 atom stereocenters. The van der Waals surface area contributed by atoms with Crippen LogP contribution in [0.15, 0.2) is 18.3 Å². The molecule has 0 saturated heterocycles. The molecule has 0 spiro atoms. The van der Waals surface area contributed by atoms with Crippen molar-refractivity contribution in [2.75, 3.05) is 7.11 Å². The highest BCUT2D eigenvalue weighted by Gasteiger charge is 2.29. The minimum Gasteiger partial charge on any atom is -0.469 e. The number of benzene rings is 1. The molecule has 1 aromatic carbocycles. The lowest BCUT2D eigenvalue weighted by molar-refractivity contribution is -0.144. The van der Waals surface area contributed by atoms with E-state index < -0.39 is 0 Å². The van der Waals surface area contributed by atoms with Crippen molar-refractivity contribution in [3.05, 3.63) is 35.0 Å². The third-order valence-corrected chi connectivity index (χ3v) is 5.19. The van der Waals surface area contributed by atoms with E-state index >= 15 is 0 Å². The summed E-state index contributed by atoms with van der Waals surface area (Å²) < 4.78 is 7.05. The molecule has 1 unspecified atom stereocenters. The molecule has 3 rings (SSSR count). The van der Waals surface area contributed by atoms with E-state index in [1.807, 2.05) is 6.92 Å². The molecular formula is C20H28N2O2. The molecular weight excluding hydrogens is 300 g/mol. The zero-order valence-corrected chi connectivity index (χ0v) is 15.6. The number of aromatic nitrogens is 1. The molecule has 0 fully saturated rings. The molecule has 1 aliphatic rings. The van der Waals surface area contributed by atoms with Gasteiger partial charge < -0.3 is 9.30 Å². The van der Waals surface area contributed by atoms with Crippen molar-refractivity contribution in [2.45, 2.75) is 52.7 Å². The van der Waals surface area contributed by atoms with E-state index in [0.717, 1.165) is 13.1 Å². The number of aryl methyl sites for hydroxylation is 1. The number of carbonyl (C=O) groups excluding carboxylic acids is 1. The number of fused-ring (bicyclic) bond motifs is 2. The van der Waals surface area contributed by atoms with Crippen LogP contribution in [0.5, 0.6) is 0 Å². The van der Waals surface area contributed by atoms with Crippen LogP contribution in [0.1, 0.15) is 44.4 Å². The van der Waals surface area contributed by atoms with E-state index in [4.69, 9.17) is 4.74 Å². The molecule has 0 aliphatic carbocycles. The minimum atomic E-state index is -0.146. The SMILES string of the molecule is COC(=O)C(C)Cc1cn(C)c2cc3c(cc12)CN(C(C)(C)C)C3. The first-order valence-electron chi connectivity index (χ1n) is 8.63. The molecule has 4 heteroatoms. The van der Waals surface area contributed by atoms with Crippen molar-refractivity contribution in [3.8, 4) is 0 Å². The number of methoxy groups -OCH3 is 1. The van der Waals surface area contributed by atoms with Gasteiger partial charge in [-0.25, -0.2) is 0 Å². The van der Waals surface area contributed by atoms with Gasteiger partial charge >= 0.3 is 5.97 Å². The van der Waals surface area contributed by atoms with E-state index in [9.17, 15) is 4.79 Å². The minimum absolute atomic E-state index is 0.125. The molecule has 2 aromatic rings. The Morgan fingerprint density at radius 3 is 2.46 bits per heavy atom. The van der Waals surface area contributed by atoms with Gasteiger partial charge in [0.25, 0.3) is 0 Å². The number of esters is 1. The van der Waals surface area contributed by atoms with E-state index in [-0.39, 0.29) is 17.4 Å². The van der Waals surface area contributed by atoms with E-state index in [1.54, 1.807) is 0 Å². The van der Waals surface area contributed by atoms with Crippen molar-refractivity contribution in [3.63, 3.8) is 0 Å². The summed E-state index contributed by atoms with van der Waals surface area (Å²) >= 11 is 0. The van der Waals surface area contributed by atoms with Gasteiger partial charge in [-0.15, -0.1) is 0 Å². The Kier molecular flexibility index (Phi) is 4.20. The molecule has 4 nitrogen and oxygen atoms in total.